The molecule has 10 heteroatoms. The van der Waals surface area contributed by atoms with Crippen LogP contribution in [0, 0.1) is 20.2 Å². The third-order valence-electron chi connectivity index (χ3n) is 3.71. The Hall–Kier alpha value is -3.82. The maximum absolute atomic E-state index is 12.6. The van der Waals surface area contributed by atoms with E-state index < -0.39 is 33.0 Å². The quantitative estimate of drug-likeness (QED) is 0.472. The molecule has 0 spiro atoms. The van der Waals surface area contributed by atoms with Crippen molar-refractivity contribution < 1.29 is 24.2 Å². The zero-order valence-corrected chi connectivity index (χ0v) is 12.7. The number of amides is 2. The Labute approximate surface area is 139 Å². The van der Waals surface area contributed by atoms with E-state index in [9.17, 15) is 29.8 Å². The van der Waals surface area contributed by atoms with Gasteiger partial charge in [0.05, 0.1) is 28.6 Å². The number of carbonyl (C=O) groups is 2. The Morgan fingerprint density at radius 2 is 1.64 bits per heavy atom. The number of nitro groups is 2. The lowest BCUT2D eigenvalue weighted by Gasteiger charge is -2.14. The number of fused-ring (bicyclic) bond motifs is 1. The molecule has 2 aromatic carbocycles. The summed E-state index contributed by atoms with van der Waals surface area (Å²) < 4.78 is 4.91. The molecule has 0 aliphatic carbocycles. The zero-order valence-electron chi connectivity index (χ0n) is 12.7. The molecule has 0 saturated carbocycles. The fourth-order valence-corrected chi connectivity index (χ4v) is 2.60. The molecule has 126 valence electrons. The van der Waals surface area contributed by atoms with Gasteiger partial charge in [-0.25, -0.2) is 4.90 Å². The van der Waals surface area contributed by atoms with Crippen LogP contribution in [0.4, 0.5) is 17.1 Å². The summed E-state index contributed by atoms with van der Waals surface area (Å²) in [6, 6.07) is 7.22. The van der Waals surface area contributed by atoms with E-state index in [2.05, 4.69) is 0 Å². The second-order valence-corrected chi connectivity index (χ2v) is 5.01. The number of methoxy groups -OCH3 is 1. The highest BCUT2D eigenvalue weighted by Crippen LogP contribution is 2.39. The van der Waals surface area contributed by atoms with Crippen molar-refractivity contribution in [3.8, 4) is 5.75 Å². The summed E-state index contributed by atoms with van der Waals surface area (Å²) in [5.74, 6) is -1.68. The molecule has 2 aromatic rings. The van der Waals surface area contributed by atoms with Gasteiger partial charge >= 0.3 is 0 Å². The molecule has 0 radical (unpaired) electrons. The first kappa shape index (κ1) is 16.1. The van der Waals surface area contributed by atoms with Crippen LogP contribution < -0.4 is 9.64 Å². The average Bonchev–Trinajstić information content (AvgIpc) is 2.85. The Kier molecular flexibility index (Phi) is 3.64. The number of carbonyl (C=O) groups excluding carboxylic acids is 2. The molecule has 0 saturated heterocycles. The molecule has 1 heterocycles. The van der Waals surface area contributed by atoms with Crippen LogP contribution in [0.1, 0.15) is 20.7 Å². The van der Waals surface area contributed by atoms with Crippen LogP contribution in [0.25, 0.3) is 0 Å². The third-order valence-corrected chi connectivity index (χ3v) is 3.71. The van der Waals surface area contributed by atoms with Crippen LogP contribution in [0.15, 0.2) is 36.4 Å². The van der Waals surface area contributed by atoms with Crippen molar-refractivity contribution in [2.45, 2.75) is 0 Å². The van der Waals surface area contributed by atoms with Crippen LogP contribution in [0.5, 0.6) is 5.75 Å². The Balaban J connectivity index is 2.20. The van der Waals surface area contributed by atoms with Gasteiger partial charge in [0, 0.05) is 6.07 Å². The minimum Gasteiger partial charge on any atom is -0.496 e. The van der Waals surface area contributed by atoms with Crippen molar-refractivity contribution in [3.05, 3.63) is 67.8 Å². The number of imide groups is 1. The van der Waals surface area contributed by atoms with E-state index >= 15 is 0 Å². The Bertz CT molecular complexity index is 954. The highest BCUT2D eigenvalue weighted by Gasteiger charge is 2.44. The van der Waals surface area contributed by atoms with Gasteiger partial charge in [-0.15, -0.1) is 0 Å². The first-order chi connectivity index (χ1) is 11.9. The lowest BCUT2D eigenvalue weighted by Crippen LogP contribution is -2.30. The molecular formula is C15H9N3O7. The van der Waals surface area contributed by atoms with E-state index in [1.807, 2.05) is 0 Å². The standard InChI is InChI=1S/C15H9N3O7/c1-25-8-5-6-10(12(7-8)18(23)24)16-14(19)9-3-2-4-11(17(21)22)13(9)15(16)20/h2-7H,1H3. The molecule has 1 aliphatic rings. The third kappa shape index (κ3) is 2.36. The predicted molar refractivity (Wildman–Crippen MR) is 83.9 cm³/mol. The van der Waals surface area contributed by atoms with Crippen molar-refractivity contribution in [2.75, 3.05) is 12.0 Å². The molecule has 0 fully saturated rings. The number of benzene rings is 2. The van der Waals surface area contributed by atoms with Crippen molar-refractivity contribution in [2.24, 2.45) is 0 Å². The minimum absolute atomic E-state index is 0.165. The highest BCUT2D eigenvalue weighted by atomic mass is 16.6. The predicted octanol–water partition coefficient (Wildman–Crippen LogP) is 2.31. The summed E-state index contributed by atoms with van der Waals surface area (Å²) in [6.45, 7) is 0. The molecule has 0 bridgehead atoms. The highest BCUT2D eigenvalue weighted by molar-refractivity contribution is 6.36. The second kappa shape index (κ2) is 5.67. The molecule has 25 heavy (non-hydrogen) atoms. The van der Waals surface area contributed by atoms with Gasteiger partial charge in [-0.05, 0) is 18.2 Å². The topological polar surface area (TPSA) is 133 Å². The van der Waals surface area contributed by atoms with Crippen LogP contribution in [-0.2, 0) is 0 Å². The molecular weight excluding hydrogens is 334 g/mol. The fourth-order valence-electron chi connectivity index (χ4n) is 2.60. The summed E-state index contributed by atoms with van der Waals surface area (Å²) in [5, 5.41) is 22.4. The van der Waals surface area contributed by atoms with Crippen molar-refractivity contribution in [1.82, 2.24) is 0 Å². The van der Waals surface area contributed by atoms with Gasteiger partial charge in [0.15, 0.2) is 0 Å². The monoisotopic (exact) mass is 343 g/mol. The number of hydrogen-bond acceptors (Lipinski definition) is 7. The van der Waals surface area contributed by atoms with Gasteiger partial charge in [-0.1, -0.05) is 6.07 Å². The molecule has 0 atom stereocenters. The lowest BCUT2D eigenvalue weighted by atomic mass is 10.1. The van der Waals surface area contributed by atoms with Gasteiger partial charge in [-0.2, -0.15) is 0 Å². The molecule has 3 rings (SSSR count). The SMILES string of the molecule is COc1ccc(N2C(=O)c3cccc([N+](=O)[O-])c3C2=O)c([N+](=O)[O-])c1. The van der Waals surface area contributed by atoms with Crippen LogP contribution in [0.3, 0.4) is 0 Å². The normalized spacial score (nSPS) is 12.9. The van der Waals surface area contributed by atoms with E-state index in [1.165, 1.54) is 31.4 Å². The van der Waals surface area contributed by atoms with Gasteiger partial charge in [0.25, 0.3) is 23.2 Å². The van der Waals surface area contributed by atoms with E-state index in [4.69, 9.17) is 4.74 Å². The van der Waals surface area contributed by atoms with E-state index in [0.717, 1.165) is 12.1 Å². The Morgan fingerprint density at radius 3 is 2.24 bits per heavy atom. The van der Waals surface area contributed by atoms with E-state index in [0.29, 0.717) is 4.90 Å². The van der Waals surface area contributed by atoms with Crippen LogP contribution in [0.2, 0.25) is 0 Å². The lowest BCUT2D eigenvalue weighted by molar-refractivity contribution is -0.385. The van der Waals surface area contributed by atoms with Gasteiger partial charge in [0.1, 0.15) is 17.0 Å². The van der Waals surface area contributed by atoms with Crippen LogP contribution in [-0.4, -0.2) is 28.8 Å². The Morgan fingerprint density at radius 1 is 0.960 bits per heavy atom. The van der Waals surface area contributed by atoms with E-state index in [-0.39, 0.29) is 22.6 Å². The smallest absolute Gasteiger partial charge is 0.297 e. The van der Waals surface area contributed by atoms with E-state index in [1.54, 1.807) is 0 Å². The average molecular weight is 343 g/mol. The molecule has 0 N–H and O–H groups in total. The number of ether oxygens (including phenoxy) is 1. The summed E-state index contributed by atoms with van der Waals surface area (Å²) in [7, 11) is 1.31. The molecule has 10 nitrogen and oxygen atoms in total. The summed E-state index contributed by atoms with van der Waals surface area (Å²) in [5.41, 5.74) is -1.91. The first-order valence-corrected chi connectivity index (χ1v) is 6.85. The minimum atomic E-state index is -0.986. The first-order valence-electron chi connectivity index (χ1n) is 6.85. The largest absolute Gasteiger partial charge is 0.496 e. The number of nitro benzene ring substituents is 2. The number of hydrogen-bond donors (Lipinski definition) is 0. The fraction of sp³-hybridized carbons (Fsp3) is 0.0667. The number of nitrogens with zero attached hydrogens (tertiary/aromatic N) is 3. The molecule has 0 aromatic heterocycles. The van der Waals surface area contributed by atoms with Gasteiger partial charge in [0.2, 0.25) is 0 Å². The van der Waals surface area contributed by atoms with Crippen molar-refractivity contribution >= 4 is 28.9 Å². The van der Waals surface area contributed by atoms with Crippen molar-refractivity contribution in [3.63, 3.8) is 0 Å². The molecule has 2 amide bonds. The summed E-state index contributed by atoms with van der Waals surface area (Å²) in [4.78, 5) is 46.6. The zero-order chi connectivity index (χ0) is 18.3. The number of anilines is 1. The maximum atomic E-state index is 12.6. The van der Waals surface area contributed by atoms with Gasteiger partial charge < -0.3 is 4.74 Å². The van der Waals surface area contributed by atoms with Gasteiger partial charge in [-0.3, -0.25) is 29.8 Å². The maximum Gasteiger partial charge on any atom is 0.297 e. The van der Waals surface area contributed by atoms with Crippen LogP contribution >= 0.6 is 0 Å². The molecule has 0 unspecified atom stereocenters. The molecule has 1 aliphatic heterocycles. The second-order valence-electron chi connectivity index (χ2n) is 5.01. The summed E-state index contributed by atoms with van der Waals surface area (Å²) in [6.07, 6.45) is 0. The summed E-state index contributed by atoms with van der Waals surface area (Å²) >= 11 is 0. The van der Waals surface area contributed by atoms with Crippen molar-refractivity contribution in [1.29, 1.82) is 0 Å². The number of rotatable bonds is 4.